The molecule has 0 amide bonds. The third kappa shape index (κ3) is 4.35. The molecule has 1 N–H and O–H groups in total. The van der Waals surface area contributed by atoms with Gasteiger partial charge in [0.15, 0.2) is 11.6 Å². The zero-order valence-corrected chi connectivity index (χ0v) is 18.7. The Bertz CT molecular complexity index is 1560. The fourth-order valence-corrected chi connectivity index (χ4v) is 4.34. The van der Waals surface area contributed by atoms with Gasteiger partial charge in [0.2, 0.25) is 0 Å². The Morgan fingerprint density at radius 3 is 2.80 bits per heavy atom. The van der Waals surface area contributed by atoms with Gasteiger partial charge in [-0.1, -0.05) is 17.4 Å². The number of carbonyl (C=O) groups is 1. The van der Waals surface area contributed by atoms with E-state index in [1.165, 1.54) is 6.07 Å². The summed E-state index contributed by atoms with van der Waals surface area (Å²) in [6.45, 7) is 0.821. The molecule has 0 aliphatic rings. The van der Waals surface area contributed by atoms with Gasteiger partial charge in [-0.25, -0.2) is 24.1 Å². The predicted molar refractivity (Wildman–Crippen MR) is 119 cm³/mol. The summed E-state index contributed by atoms with van der Waals surface area (Å²) in [4.78, 5) is 27.0. The molecular formula is C22H15F4N5O3S. The summed E-state index contributed by atoms with van der Waals surface area (Å²) in [6, 6.07) is 9.65. The lowest BCUT2D eigenvalue weighted by atomic mass is 10.2. The van der Waals surface area contributed by atoms with Crippen molar-refractivity contribution in [1.29, 1.82) is 0 Å². The molecule has 13 heteroatoms. The fourth-order valence-electron chi connectivity index (χ4n) is 3.54. The molecule has 0 radical (unpaired) electrons. The summed E-state index contributed by atoms with van der Waals surface area (Å²) in [5.41, 5.74) is 2.29. The summed E-state index contributed by atoms with van der Waals surface area (Å²) in [5, 5.41) is -0.409. The first kappa shape index (κ1) is 22.9. The number of H-pyrrole nitrogens is 1. The van der Waals surface area contributed by atoms with Crippen LogP contribution in [0, 0.1) is 5.82 Å². The maximum atomic E-state index is 14.3. The highest BCUT2D eigenvalue weighted by Gasteiger charge is 2.42. The zero-order valence-electron chi connectivity index (χ0n) is 17.9. The number of fused-ring (bicyclic) bond motifs is 2. The van der Waals surface area contributed by atoms with Crippen molar-refractivity contribution in [2.24, 2.45) is 0 Å². The average molecular weight is 505 g/mol. The summed E-state index contributed by atoms with van der Waals surface area (Å²) in [5.74, 6) is -1.87. The van der Waals surface area contributed by atoms with Crippen LogP contribution in [-0.2, 0) is 16.1 Å². The van der Waals surface area contributed by atoms with Gasteiger partial charge < -0.3 is 19.0 Å². The second-order valence-corrected chi connectivity index (χ2v) is 8.38. The molecule has 0 saturated heterocycles. The molecule has 3 aromatic heterocycles. The number of rotatable bonds is 6. The number of thiazole rings is 1. The first-order valence-electron chi connectivity index (χ1n) is 10.1. The topological polar surface area (TPSA) is 94.9 Å². The molecular weight excluding hydrogens is 490 g/mol. The number of hydrogen-bond acceptors (Lipinski definition) is 7. The molecule has 180 valence electrons. The third-order valence-corrected chi connectivity index (χ3v) is 6.03. The number of methoxy groups -OCH3 is 1. The zero-order chi connectivity index (χ0) is 24.7. The van der Waals surface area contributed by atoms with Crippen molar-refractivity contribution in [3.8, 4) is 28.1 Å². The highest BCUT2D eigenvalue weighted by atomic mass is 32.1. The van der Waals surface area contributed by atoms with Gasteiger partial charge in [0.25, 0.3) is 5.19 Å². The van der Waals surface area contributed by atoms with Crippen molar-refractivity contribution < 1.29 is 31.8 Å². The number of aromatic nitrogens is 5. The highest BCUT2D eigenvalue weighted by molar-refractivity contribution is 7.20. The van der Waals surface area contributed by atoms with Gasteiger partial charge in [-0.05, 0) is 30.3 Å². The van der Waals surface area contributed by atoms with Crippen molar-refractivity contribution in [3.63, 3.8) is 0 Å². The number of halogens is 4. The van der Waals surface area contributed by atoms with Crippen molar-refractivity contribution in [3.05, 3.63) is 48.4 Å². The van der Waals surface area contributed by atoms with Crippen LogP contribution in [0.1, 0.15) is 0 Å². The van der Waals surface area contributed by atoms with Crippen LogP contribution in [0.5, 0.6) is 5.19 Å². The maximum absolute atomic E-state index is 14.3. The van der Waals surface area contributed by atoms with Crippen LogP contribution in [0.4, 0.5) is 17.6 Å². The third-order valence-electron chi connectivity index (χ3n) is 5.12. The minimum absolute atomic E-state index is 0.222. The number of benzene rings is 2. The first-order valence-corrected chi connectivity index (χ1v) is 11.0. The monoisotopic (exact) mass is 505 g/mol. The van der Waals surface area contributed by atoms with Crippen LogP contribution in [0.2, 0.25) is 0 Å². The fraction of sp³-hybridized carbons (Fsp3) is 0.182. The van der Waals surface area contributed by atoms with E-state index < -0.39 is 23.2 Å². The van der Waals surface area contributed by atoms with E-state index in [9.17, 15) is 22.4 Å². The molecule has 0 atom stereocenters. The maximum Gasteiger partial charge on any atom is 0.491 e. The number of hydrogen-bond donors (Lipinski definition) is 1. The Morgan fingerprint density at radius 1 is 1.20 bits per heavy atom. The van der Waals surface area contributed by atoms with E-state index in [0.29, 0.717) is 51.8 Å². The Labute approximate surface area is 198 Å². The second-order valence-electron chi connectivity index (χ2n) is 7.38. The second kappa shape index (κ2) is 8.74. The van der Waals surface area contributed by atoms with Crippen LogP contribution in [-0.4, -0.2) is 50.4 Å². The minimum Gasteiger partial charge on any atom is -0.391 e. The lowest BCUT2D eigenvalue weighted by molar-refractivity contribution is -0.189. The molecule has 0 spiro atoms. The normalized spacial score (nSPS) is 12.0. The number of aromatic amines is 1. The predicted octanol–water partition coefficient (Wildman–Crippen LogP) is 4.96. The Hall–Kier alpha value is -3.84. The van der Waals surface area contributed by atoms with E-state index in [-0.39, 0.29) is 5.52 Å². The van der Waals surface area contributed by atoms with Crippen LogP contribution in [0.15, 0.2) is 42.6 Å². The minimum atomic E-state index is -5.11. The SMILES string of the molecule is COCCn1c(-c2cnc(-c3ccc4sc(OC(=O)C(F)(F)F)nc4c3)[nH]2)nc2c(F)cccc21. The number of esters is 1. The molecule has 2 aromatic carbocycles. The van der Waals surface area contributed by atoms with E-state index in [0.717, 1.165) is 11.3 Å². The van der Waals surface area contributed by atoms with Crippen LogP contribution >= 0.6 is 11.3 Å². The smallest absolute Gasteiger partial charge is 0.391 e. The Kier molecular flexibility index (Phi) is 5.73. The van der Waals surface area contributed by atoms with Crippen molar-refractivity contribution in [2.75, 3.05) is 13.7 Å². The molecule has 35 heavy (non-hydrogen) atoms. The molecule has 0 unspecified atom stereocenters. The van der Waals surface area contributed by atoms with Gasteiger partial charge in [0.1, 0.15) is 17.0 Å². The van der Waals surface area contributed by atoms with Gasteiger partial charge in [-0.15, -0.1) is 0 Å². The average Bonchev–Trinajstić information content (AvgIpc) is 3.53. The number of carbonyl (C=O) groups excluding carboxylic acids is 1. The number of alkyl halides is 3. The van der Waals surface area contributed by atoms with Gasteiger partial charge in [0, 0.05) is 19.2 Å². The molecule has 0 aliphatic carbocycles. The van der Waals surface area contributed by atoms with Crippen LogP contribution in [0.25, 0.3) is 44.2 Å². The van der Waals surface area contributed by atoms with Gasteiger partial charge >= 0.3 is 12.1 Å². The summed E-state index contributed by atoms with van der Waals surface area (Å²) < 4.78 is 63.6. The van der Waals surface area contributed by atoms with E-state index in [4.69, 9.17) is 4.74 Å². The van der Waals surface area contributed by atoms with Crippen molar-refractivity contribution >= 4 is 38.6 Å². The number of nitrogens with one attached hydrogen (secondary N) is 1. The first-order chi connectivity index (χ1) is 16.7. The van der Waals surface area contributed by atoms with Crippen molar-refractivity contribution in [2.45, 2.75) is 12.7 Å². The van der Waals surface area contributed by atoms with Gasteiger partial charge in [-0.2, -0.15) is 13.2 Å². The van der Waals surface area contributed by atoms with Gasteiger partial charge in [0.05, 0.1) is 28.5 Å². The highest BCUT2D eigenvalue weighted by Crippen LogP contribution is 2.33. The van der Waals surface area contributed by atoms with E-state index >= 15 is 0 Å². The standard InChI is InChI=1S/C22H15F4N5O3S/c1-33-8-7-31-15-4-2-3-12(23)17(15)30-19(31)14-10-27-18(28-14)11-5-6-16-13(9-11)29-21(35-16)34-20(32)22(24,25)26/h2-6,9-10H,7-8H2,1H3,(H,27,28). The molecule has 0 aliphatic heterocycles. The summed E-state index contributed by atoms with van der Waals surface area (Å²) >= 11 is 0.815. The molecule has 0 saturated carbocycles. The largest absolute Gasteiger partial charge is 0.491 e. The Balaban J connectivity index is 1.49. The van der Waals surface area contributed by atoms with Crippen LogP contribution < -0.4 is 4.74 Å². The van der Waals surface area contributed by atoms with Crippen LogP contribution in [0.3, 0.4) is 0 Å². The number of ether oxygens (including phenoxy) is 2. The number of para-hydroxylation sites is 1. The van der Waals surface area contributed by atoms with Crippen molar-refractivity contribution in [1.82, 2.24) is 24.5 Å². The van der Waals surface area contributed by atoms with E-state index in [1.807, 2.05) is 4.57 Å². The van der Waals surface area contributed by atoms with Gasteiger partial charge in [-0.3, -0.25) is 0 Å². The van der Waals surface area contributed by atoms with E-state index in [1.54, 1.807) is 43.6 Å². The lowest BCUT2D eigenvalue weighted by Crippen LogP contribution is -2.27. The quantitative estimate of drug-likeness (QED) is 0.259. The molecule has 0 fully saturated rings. The molecule has 3 heterocycles. The molecule has 8 nitrogen and oxygen atoms in total. The van der Waals surface area contributed by atoms with E-state index in [2.05, 4.69) is 24.7 Å². The molecule has 5 aromatic rings. The lowest BCUT2D eigenvalue weighted by Gasteiger charge is -2.07. The summed E-state index contributed by atoms with van der Waals surface area (Å²) in [7, 11) is 1.57. The number of imidazole rings is 2. The Morgan fingerprint density at radius 2 is 2.03 bits per heavy atom. The summed E-state index contributed by atoms with van der Waals surface area (Å²) in [6.07, 6.45) is -3.56. The number of nitrogens with zero attached hydrogens (tertiary/aromatic N) is 4. The molecule has 5 rings (SSSR count). The molecule has 0 bridgehead atoms.